The van der Waals surface area contributed by atoms with E-state index in [1.165, 1.54) is 19.3 Å². The molecule has 2 nitrogen and oxygen atoms in total. The number of anilines is 1. The summed E-state index contributed by atoms with van der Waals surface area (Å²) in [5.74, 6) is 0. The van der Waals surface area contributed by atoms with Gasteiger partial charge >= 0.3 is 0 Å². The third-order valence-electron chi connectivity index (χ3n) is 4.76. The summed E-state index contributed by atoms with van der Waals surface area (Å²) in [6.07, 6.45) is 5.12. The minimum absolute atomic E-state index is 0.280. The Kier molecular flexibility index (Phi) is 4.11. The molecular weight excluding hydrogens is 317 g/mol. The molecule has 2 saturated carbocycles. The van der Waals surface area contributed by atoms with Gasteiger partial charge < -0.3 is 10.1 Å². The zero-order valence-electron chi connectivity index (χ0n) is 11.4. The molecule has 0 heterocycles. The van der Waals surface area contributed by atoms with Crippen molar-refractivity contribution in [1.82, 2.24) is 0 Å². The van der Waals surface area contributed by atoms with Crippen LogP contribution in [0.5, 0.6) is 0 Å². The van der Waals surface area contributed by atoms with E-state index < -0.39 is 0 Å². The highest BCUT2D eigenvalue weighted by molar-refractivity contribution is 6.41. The molecule has 2 fully saturated rings. The average molecular weight is 335 g/mol. The molecular formula is C15H18Cl3NO. The zero-order valence-corrected chi connectivity index (χ0v) is 13.7. The molecule has 110 valence electrons. The van der Waals surface area contributed by atoms with Gasteiger partial charge in [-0.05, 0) is 38.3 Å². The first-order chi connectivity index (χ1) is 9.56. The van der Waals surface area contributed by atoms with Crippen LogP contribution >= 0.6 is 34.8 Å². The van der Waals surface area contributed by atoms with Gasteiger partial charge in [-0.15, -0.1) is 0 Å². The summed E-state index contributed by atoms with van der Waals surface area (Å²) in [6.45, 7) is 2.83. The standard InChI is InChI=1S/C15H18Cl3NO/c1-2-20-13-8-12(15(13)4-3-5-15)19-14-10(17)6-9(16)7-11(14)18/h6-7,12-13,19H,2-5,8H2,1H3. The predicted molar refractivity (Wildman–Crippen MR) is 85.2 cm³/mol. The van der Waals surface area contributed by atoms with Crippen LogP contribution in [0.1, 0.15) is 32.6 Å². The second-order valence-corrected chi connectivity index (χ2v) is 6.96. The van der Waals surface area contributed by atoms with E-state index >= 15 is 0 Å². The van der Waals surface area contributed by atoms with E-state index in [9.17, 15) is 0 Å². The highest BCUT2D eigenvalue weighted by atomic mass is 35.5. The largest absolute Gasteiger partial charge is 0.379 e. The molecule has 1 aromatic carbocycles. The van der Waals surface area contributed by atoms with E-state index in [0.717, 1.165) is 18.7 Å². The monoisotopic (exact) mass is 333 g/mol. The molecule has 1 spiro atoms. The number of hydrogen-bond donors (Lipinski definition) is 1. The highest BCUT2D eigenvalue weighted by Crippen LogP contribution is 2.58. The molecule has 1 N–H and O–H groups in total. The zero-order chi connectivity index (χ0) is 14.3. The summed E-state index contributed by atoms with van der Waals surface area (Å²) in [4.78, 5) is 0. The van der Waals surface area contributed by atoms with Crippen LogP contribution in [0.3, 0.4) is 0 Å². The quantitative estimate of drug-likeness (QED) is 0.795. The first-order valence-corrected chi connectivity index (χ1v) is 8.23. The van der Waals surface area contributed by atoms with Crippen molar-refractivity contribution in [2.24, 2.45) is 5.41 Å². The van der Waals surface area contributed by atoms with Crippen molar-refractivity contribution in [3.63, 3.8) is 0 Å². The number of nitrogens with one attached hydrogen (secondary N) is 1. The molecule has 0 aromatic heterocycles. The Hall–Kier alpha value is -0.150. The van der Waals surface area contributed by atoms with Gasteiger partial charge in [0.2, 0.25) is 0 Å². The van der Waals surface area contributed by atoms with Gasteiger partial charge in [0.1, 0.15) is 0 Å². The van der Waals surface area contributed by atoms with Gasteiger partial charge in [0.15, 0.2) is 0 Å². The lowest BCUT2D eigenvalue weighted by Gasteiger charge is -2.61. The Labute approximate surface area is 134 Å². The van der Waals surface area contributed by atoms with Gasteiger partial charge in [0, 0.05) is 23.1 Å². The number of ether oxygens (including phenoxy) is 1. The van der Waals surface area contributed by atoms with Crippen molar-refractivity contribution in [2.75, 3.05) is 11.9 Å². The Morgan fingerprint density at radius 2 is 1.90 bits per heavy atom. The first-order valence-electron chi connectivity index (χ1n) is 7.09. The maximum atomic E-state index is 6.25. The highest BCUT2D eigenvalue weighted by Gasteiger charge is 2.59. The number of hydrogen-bond acceptors (Lipinski definition) is 2. The van der Waals surface area contributed by atoms with Crippen LogP contribution in [0.25, 0.3) is 0 Å². The van der Waals surface area contributed by atoms with Crippen molar-refractivity contribution in [3.05, 3.63) is 27.2 Å². The number of benzene rings is 1. The van der Waals surface area contributed by atoms with E-state index in [4.69, 9.17) is 39.5 Å². The average Bonchev–Trinajstić information content (AvgIpc) is 2.28. The lowest BCUT2D eigenvalue weighted by Crippen LogP contribution is -2.64. The molecule has 0 aliphatic heterocycles. The van der Waals surface area contributed by atoms with Crippen LogP contribution in [0.4, 0.5) is 5.69 Å². The van der Waals surface area contributed by atoms with Crippen LogP contribution < -0.4 is 5.32 Å². The van der Waals surface area contributed by atoms with Crippen LogP contribution in [0.2, 0.25) is 15.1 Å². The first kappa shape index (κ1) is 14.8. The van der Waals surface area contributed by atoms with Crippen LogP contribution in [0, 0.1) is 5.41 Å². The Morgan fingerprint density at radius 3 is 2.40 bits per heavy atom. The van der Waals surface area contributed by atoms with Crippen molar-refractivity contribution in [1.29, 1.82) is 0 Å². The Morgan fingerprint density at radius 1 is 1.25 bits per heavy atom. The lowest BCUT2D eigenvalue weighted by molar-refractivity contribution is -0.157. The SMILES string of the molecule is CCOC1CC(Nc2c(Cl)cc(Cl)cc2Cl)C12CCC2. The van der Waals surface area contributed by atoms with Crippen molar-refractivity contribution in [2.45, 2.75) is 44.8 Å². The van der Waals surface area contributed by atoms with E-state index in [0.29, 0.717) is 27.2 Å². The molecule has 3 rings (SSSR count). The van der Waals surface area contributed by atoms with Crippen molar-refractivity contribution >= 4 is 40.5 Å². The summed E-state index contributed by atoms with van der Waals surface area (Å²) < 4.78 is 5.86. The molecule has 2 atom stereocenters. The van der Waals surface area contributed by atoms with Crippen molar-refractivity contribution < 1.29 is 4.74 Å². The molecule has 0 bridgehead atoms. The van der Waals surface area contributed by atoms with Crippen molar-refractivity contribution in [3.8, 4) is 0 Å². The molecule has 2 unspecified atom stereocenters. The third-order valence-corrected chi connectivity index (χ3v) is 5.58. The number of rotatable bonds is 4. The molecule has 5 heteroatoms. The second-order valence-electron chi connectivity index (χ2n) is 5.71. The molecule has 0 radical (unpaired) electrons. The summed E-state index contributed by atoms with van der Waals surface area (Å²) in [7, 11) is 0. The van der Waals surface area contributed by atoms with Gasteiger partial charge in [-0.1, -0.05) is 41.2 Å². The van der Waals surface area contributed by atoms with E-state index in [2.05, 4.69) is 12.2 Å². The third kappa shape index (κ3) is 2.31. The van der Waals surface area contributed by atoms with Crippen LogP contribution in [-0.4, -0.2) is 18.8 Å². The fraction of sp³-hybridized carbons (Fsp3) is 0.600. The van der Waals surface area contributed by atoms with Gasteiger partial charge in [-0.3, -0.25) is 0 Å². The van der Waals surface area contributed by atoms with Gasteiger partial charge in [0.05, 0.1) is 21.8 Å². The lowest BCUT2D eigenvalue weighted by atomic mass is 9.51. The van der Waals surface area contributed by atoms with Gasteiger partial charge in [0.25, 0.3) is 0 Å². The molecule has 1 aromatic rings. The maximum absolute atomic E-state index is 6.25. The van der Waals surface area contributed by atoms with E-state index in [1.807, 2.05) is 0 Å². The molecule has 0 amide bonds. The summed E-state index contributed by atoms with van der Waals surface area (Å²) in [6, 6.07) is 3.84. The second kappa shape index (κ2) is 5.57. The summed E-state index contributed by atoms with van der Waals surface area (Å²) in [5, 5.41) is 5.24. The molecule has 2 aliphatic carbocycles. The van der Waals surface area contributed by atoms with Crippen LogP contribution in [-0.2, 0) is 4.74 Å². The van der Waals surface area contributed by atoms with Gasteiger partial charge in [-0.25, -0.2) is 0 Å². The normalized spacial score (nSPS) is 27.0. The minimum Gasteiger partial charge on any atom is -0.379 e. The minimum atomic E-state index is 0.280. The Balaban J connectivity index is 1.76. The maximum Gasteiger partial charge on any atom is 0.0722 e. The van der Waals surface area contributed by atoms with E-state index in [1.54, 1.807) is 12.1 Å². The predicted octanol–water partition coefficient (Wildman–Crippen LogP) is 5.41. The van der Waals surface area contributed by atoms with E-state index in [-0.39, 0.29) is 5.41 Å². The fourth-order valence-corrected chi connectivity index (χ4v) is 4.42. The van der Waals surface area contributed by atoms with Gasteiger partial charge in [-0.2, -0.15) is 0 Å². The Bertz CT molecular complexity index is 493. The fourth-order valence-electron chi connectivity index (χ4n) is 3.50. The topological polar surface area (TPSA) is 21.3 Å². The summed E-state index contributed by atoms with van der Waals surface area (Å²) >= 11 is 18.4. The molecule has 2 aliphatic rings. The summed E-state index contributed by atoms with van der Waals surface area (Å²) in [5.41, 5.74) is 1.08. The molecule has 0 saturated heterocycles. The molecule has 20 heavy (non-hydrogen) atoms. The smallest absolute Gasteiger partial charge is 0.0722 e. The number of halogens is 3. The van der Waals surface area contributed by atoms with Crippen LogP contribution in [0.15, 0.2) is 12.1 Å².